The zero-order chi connectivity index (χ0) is 12.6. The summed E-state index contributed by atoms with van der Waals surface area (Å²) in [5, 5.41) is 34.5. The van der Waals surface area contributed by atoms with Gasteiger partial charge in [0.2, 0.25) is 0 Å². The third-order valence-electron chi connectivity index (χ3n) is 1.68. The fraction of sp³-hybridized carbons (Fsp3) is 1.00. The molecule has 5 N–H and O–H groups in total. The van der Waals surface area contributed by atoms with E-state index >= 15 is 0 Å². The zero-order valence-corrected chi connectivity index (χ0v) is 9.49. The molecule has 0 rings (SSSR count). The van der Waals surface area contributed by atoms with Crippen molar-refractivity contribution in [3.05, 3.63) is 0 Å². The van der Waals surface area contributed by atoms with Crippen molar-refractivity contribution < 1.29 is 38.9 Å². The molecule has 1 unspecified atom stereocenters. The van der Waals surface area contributed by atoms with Gasteiger partial charge < -0.3 is 25.3 Å². The third-order valence-corrected chi connectivity index (χ3v) is 2.72. The molecule has 0 fully saturated rings. The molecule has 0 spiro atoms. The fourth-order valence-corrected chi connectivity index (χ4v) is 1.68. The van der Waals surface area contributed by atoms with E-state index in [-0.39, 0.29) is 6.61 Å². The van der Waals surface area contributed by atoms with Gasteiger partial charge in [-0.1, -0.05) is 0 Å². The van der Waals surface area contributed by atoms with Gasteiger partial charge in [0.05, 0.1) is 33.0 Å². The number of phosphoric acid groups is 1. The maximum absolute atomic E-state index is 11.2. The topological polar surface area (TPSA) is 137 Å². The molecule has 9 heteroatoms. The van der Waals surface area contributed by atoms with Crippen LogP contribution in [0.15, 0.2) is 0 Å². The Morgan fingerprint density at radius 1 is 1.00 bits per heavy atom. The Bertz CT molecular complexity index is 214. The lowest BCUT2D eigenvalue weighted by atomic mass is 10.2. The Kier molecular flexibility index (Phi) is 8.08. The van der Waals surface area contributed by atoms with Gasteiger partial charge in [-0.25, -0.2) is 4.57 Å². The molecule has 0 radical (unpaired) electrons. The molecule has 0 heterocycles. The first-order chi connectivity index (χ1) is 7.49. The van der Waals surface area contributed by atoms with Crippen LogP contribution in [0.3, 0.4) is 0 Å². The monoisotopic (exact) mass is 260 g/mol. The van der Waals surface area contributed by atoms with Gasteiger partial charge in [-0.2, -0.15) is 0 Å². The van der Waals surface area contributed by atoms with Crippen LogP contribution in [-0.2, 0) is 13.6 Å². The van der Waals surface area contributed by atoms with Crippen molar-refractivity contribution in [3.8, 4) is 0 Å². The van der Waals surface area contributed by atoms with Crippen molar-refractivity contribution in [3.63, 3.8) is 0 Å². The predicted octanol–water partition coefficient (Wildman–Crippen LogP) is -1.93. The van der Waals surface area contributed by atoms with Crippen LogP contribution in [0.5, 0.6) is 0 Å². The van der Waals surface area contributed by atoms with Gasteiger partial charge >= 0.3 is 7.82 Å². The number of hydrogen-bond acceptors (Lipinski definition) is 7. The quantitative estimate of drug-likeness (QED) is 0.302. The first-order valence-electron chi connectivity index (χ1n) is 4.58. The van der Waals surface area contributed by atoms with Crippen molar-refractivity contribution >= 4 is 7.82 Å². The van der Waals surface area contributed by atoms with Gasteiger partial charge in [0.1, 0.15) is 6.10 Å². The largest absolute Gasteiger partial charge is 0.472 e. The molecule has 0 saturated carbocycles. The Labute approximate surface area is 92.7 Å². The van der Waals surface area contributed by atoms with Crippen molar-refractivity contribution in [1.29, 1.82) is 0 Å². The molecule has 0 aromatic heterocycles. The van der Waals surface area contributed by atoms with Gasteiger partial charge in [-0.05, 0) is 0 Å². The van der Waals surface area contributed by atoms with E-state index < -0.39 is 46.3 Å². The number of phosphoric ester groups is 1. The fourth-order valence-electron chi connectivity index (χ4n) is 0.706. The molecule has 0 saturated heterocycles. The van der Waals surface area contributed by atoms with Crippen LogP contribution in [0.25, 0.3) is 0 Å². The summed E-state index contributed by atoms with van der Waals surface area (Å²) in [5.74, 6) is -0.689. The summed E-state index contributed by atoms with van der Waals surface area (Å²) in [6.07, 6.45) is -1.21. The molecule has 0 aliphatic carbocycles. The van der Waals surface area contributed by atoms with Crippen LogP contribution < -0.4 is 0 Å². The molecule has 98 valence electrons. The zero-order valence-electron chi connectivity index (χ0n) is 8.60. The predicted molar refractivity (Wildman–Crippen MR) is 52.5 cm³/mol. The van der Waals surface area contributed by atoms with E-state index in [4.69, 9.17) is 25.3 Å². The summed E-state index contributed by atoms with van der Waals surface area (Å²) in [4.78, 5) is 9.11. The Morgan fingerprint density at radius 2 is 1.50 bits per heavy atom. The molecule has 16 heavy (non-hydrogen) atoms. The maximum atomic E-state index is 11.2. The van der Waals surface area contributed by atoms with Gasteiger partial charge in [0, 0.05) is 5.92 Å². The van der Waals surface area contributed by atoms with E-state index in [9.17, 15) is 4.57 Å². The van der Waals surface area contributed by atoms with Crippen molar-refractivity contribution in [2.75, 3.05) is 33.0 Å². The van der Waals surface area contributed by atoms with Crippen LogP contribution in [0.2, 0.25) is 0 Å². The molecule has 0 amide bonds. The van der Waals surface area contributed by atoms with Crippen LogP contribution >= 0.6 is 7.82 Å². The molecule has 0 bridgehead atoms. The van der Waals surface area contributed by atoms with Crippen molar-refractivity contribution in [2.45, 2.75) is 6.10 Å². The first kappa shape index (κ1) is 16.0. The molecular weight excluding hydrogens is 243 g/mol. The summed E-state index contributed by atoms with van der Waals surface area (Å²) >= 11 is 0. The van der Waals surface area contributed by atoms with Crippen LogP contribution in [0, 0.1) is 5.92 Å². The molecule has 0 aliphatic rings. The molecule has 0 aromatic rings. The smallest absolute Gasteiger partial charge is 0.396 e. The lowest BCUT2D eigenvalue weighted by Gasteiger charge is -2.19. The minimum absolute atomic E-state index is 0.371. The SMILES string of the molecule is O=P(O)(OCC(CO)CO)OC(CO)CO. The summed E-state index contributed by atoms with van der Waals surface area (Å²) < 4.78 is 20.1. The molecule has 1 atom stereocenters. The van der Waals surface area contributed by atoms with Gasteiger partial charge in [-0.15, -0.1) is 0 Å². The van der Waals surface area contributed by atoms with E-state index in [0.717, 1.165) is 0 Å². The minimum Gasteiger partial charge on any atom is -0.396 e. The lowest BCUT2D eigenvalue weighted by Crippen LogP contribution is -2.23. The second-order valence-electron chi connectivity index (χ2n) is 3.09. The Hall–Kier alpha value is -0.0500. The van der Waals surface area contributed by atoms with E-state index in [0.29, 0.717) is 0 Å². The third kappa shape index (κ3) is 6.51. The highest BCUT2D eigenvalue weighted by Crippen LogP contribution is 2.44. The standard InChI is InChI=1S/C7H17O8P/c8-1-6(2-9)5-14-16(12,13)15-7(3-10)4-11/h6-11H,1-5H2,(H,12,13). The van der Waals surface area contributed by atoms with Gasteiger partial charge in [0.15, 0.2) is 0 Å². The molecule has 8 nitrogen and oxygen atoms in total. The highest BCUT2D eigenvalue weighted by atomic mass is 31.2. The number of aliphatic hydroxyl groups is 4. The van der Waals surface area contributed by atoms with Gasteiger partial charge in [0.25, 0.3) is 0 Å². The normalized spacial score (nSPS) is 15.7. The summed E-state index contributed by atoms with van der Waals surface area (Å²) in [6.45, 7) is -2.44. The number of aliphatic hydroxyl groups excluding tert-OH is 4. The second kappa shape index (κ2) is 8.10. The molecular formula is C7H17O8P. The van der Waals surface area contributed by atoms with E-state index in [1.165, 1.54) is 0 Å². The summed E-state index contributed by atoms with van der Waals surface area (Å²) in [6, 6.07) is 0. The highest BCUT2D eigenvalue weighted by molar-refractivity contribution is 7.47. The van der Waals surface area contributed by atoms with E-state index in [1.54, 1.807) is 0 Å². The highest BCUT2D eigenvalue weighted by Gasteiger charge is 2.27. The van der Waals surface area contributed by atoms with Gasteiger partial charge in [-0.3, -0.25) is 9.05 Å². The van der Waals surface area contributed by atoms with Crippen LogP contribution in [0.1, 0.15) is 0 Å². The summed E-state index contributed by atoms with van der Waals surface area (Å²) in [5.41, 5.74) is 0. The Morgan fingerprint density at radius 3 is 1.88 bits per heavy atom. The number of hydrogen-bond donors (Lipinski definition) is 5. The van der Waals surface area contributed by atoms with Crippen molar-refractivity contribution in [2.24, 2.45) is 5.92 Å². The van der Waals surface area contributed by atoms with Crippen LogP contribution in [0.4, 0.5) is 0 Å². The summed E-state index contributed by atoms with van der Waals surface area (Å²) in [7, 11) is -4.40. The minimum atomic E-state index is -4.40. The maximum Gasteiger partial charge on any atom is 0.472 e. The average Bonchev–Trinajstić information content (AvgIpc) is 2.27. The van der Waals surface area contributed by atoms with E-state index in [2.05, 4.69) is 9.05 Å². The lowest BCUT2D eigenvalue weighted by molar-refractivity contribution is 0.0196. The average molecular weight is 260 g/mol. The Balaban J connectivity index is 4.08. The molecule has 0 aromatic carbocycles. The number of rotatable bonds is 9. The second-order valence-corrected chi connectivity index (χ2v) is 4.49. The van der Waals surface area contributed by atoms with E-state index in [1.807, 2.05) is 0 Å². The first-order valence-corrected chi connectivity index (χ1v) is 6.07. The van der Waals surface area contributed by atoms with Crippen LogP contribution in [-0.4, -0.2) is 64.5 Å². The van der Waals surface area contributed by atoms with Crippen molar-refractivity contribution in [1.82, 2.24) is 0 Å². The molecule has 0 aliphatic heterocycles.